The molecule has 1 N–H and O–H groups in total. The van der Waals surface area contributed by atoms with E-state index >= 15 is 0 Å². The van der Waals surface area contributed by atoms with E-state index in [1.54, 1.807) is 38.1 Å². The van der Waals surface area contributed by atoms with Gasteiger partial charge in [-0.25, -0.2) is 13.1 Å². The number of sulfone groups is 1. The van der Waals surface area contributed by atoms with E-state index in [4.69, 9.17) is 16.3 Å². The van der Waals surface area contributed by atoms with Gasteiger partial charge in [0.1, 0.15) is 12.3 Å². The number of methoxy groups -OCH3 is 1. The number of carbonyl (C=O) groups is 1. The first kappa shape index (κ1) is 22.5. The smallest absolute Gasteiger partial charge is 0.267 e. The molecule has 1 heterocycles. The van der Waals surface area contributed by atoms with Gasteiger partial charge in [0.25, 0.3) is 5.56 Å². The number of aryl methyl sites for hydroxylation is 2. The highest BCUT2D eigenvalue weighted by atomic mass is 35.5. The highest BCUT2D eigenvalue weighted by molar-refractivity contribution is 7.91. The van der Waals surface area contributed by atoms with Crippen LogP contribution in [0, 0.1) is 13.8 Å². The molecule has 162 valence electrons. The number of rotatable bonds is 6. The number of hydrogen-bond donors (Lipinski definition) is 1. The maximum Gasteiger partial charge on any atom is 0.267 e. The summed E-state index contributed by atoms with van der Waals surface area (Å²) in [6, 6.07) is 11.7. The lowest BCUT2D eigenvalue weighted by Crippen LogP contribution is -2.30. The van der Waals surface area contributed by atoms with Gasteiger partial charge in [-0.3, -0.25) is 9.59 Å². The minimum absolute atomic E-state index is 0.0519. The molecule has 0 saturated carbocycles. The third kappa shape index (κ3) is 4.95. The van der Waals surface area contributed by atoms with Crippen molar-refractivity contribution in [2.75, 3.05) is 12.4 Å². The normalized spacial score (nSPS) is 11.2. The lowest BCUT2D eigenvalue weighted by molar-refractivity contribution is -0.117. The summed E-state index contributed by atoms with van der Waals surface area (Å²) in [5.41, 5.74) is 1.24. The fourth-order valence-corrected chi connectivity index (χ4v) is 4.29. The van der Waals surface area contributed by atoms with Crippen LogP contribution >= 0.6 is 11.6 Å². The van der Waals surface area contributed by atoms with Crippen LogP contribution in [0.3, 0.4) is 0 Å². The Kier molecular flexibility index (Phi) is 6.47. The Morgan fingerprint density at radius 1 is 1.16 bits per heavy atom. The second kappa shape index (κ2) is 8.91. The zero-order valence-corrected chi connectivity index (χ0v) is 18.6. The third-order valence-electron chi connectivity index (χ3n) is 4.47. The Bertz CT molecular complexity index is 1320. The van der Waals surface area contributed by atoms with Gasteiger partial charge in [0, 0.05) is 17.2 Å². The van der Waals surface area contributed by atoms with Gasteiger partial charge in [-0.2, -0.15) is 5.10 Å². The van der Waals surface area contributed by atoms with E-state index in [2.05, 4.69) is 10.4 Å². The number of carbonyl (C=O) groups excluding carboxylic acids is 1. The van der Waals surface area contributed by atoms with E-state index in [0.717, 1.165) is 27.9 Å². The van der Waals surface area contributed by atoms with Gasteiger partial charge in [0.05, 0.1) is 17.7 Å². The number of benzene rings is 2. The predicted molar refractivity (Wildman–Crippen MR) is 116 cm³/mol. The summed E-state index contributed by atoms with van der Waals surface area (Å²) in [6.45, 7) is 3.05. The Hall–Kier alpha value is -3.17. The Labute approximate surface area is 184 Å². The lowest BCUT2D eigenvalue weighted by atomic mass is 10.2. The molecular formula is C21H20ClN3O5S. The maximum absolute atomic E-state index is 12.9. The van der Waals surface area contributed by atoms with Crippen LogP contribution in [0.2, 0.25) is 5.02 Å². The molecule has 0 atom stereocenters. The van der Waals surface area contributed by atoms with Gasteiger partial charge in [0.2, 0.25) is 15.7 Å². The maximum atomic E-state index is 12.9. The Morgan fingerprint density at radius 2 is 1.90 bits per heavy atom. The molecule has 31 heavy (non-hydrogen) atoms. The fraction of sp³-hybridized carbons (Fsp3) is 0.190. The summed E-state index contributed by atoms with van der Waals surface area (Å²) in [6.07, 6.45) is 0. The van der Waals surface area contributed by atoms with Crippen LogP contribution < -0.4 is 15.6 Å². The second-order valence-corrected chi connectivity index (χ2v) is 9.14. The Morgan fingerprint density at radius 3 is 2.58 bits per heavy atom. The first-order valence-electron chi connectivity index (χ1n) is 9.15. The number of anilines is 1. The molecule has 0 fully saturated rings. The molecule has 0 spiro atoms. The van der Waals surface area contributed by atoms with Gasteiger partial charge < -0.3 is 10.1 Å². The summed E-state index contributed by atoms with van der Waals surface area (Å²) >= 11 is 6.07. The van der Waals surface area contributed by atoms with Crippen LogP contribution in [0.4, 0.5) is 5.69 Å². The van der Waals surface area contributed by atoms with E-state index in [-0.39, 0.29) is 9.92 Å². The molecule has 0 unspecified atom stereocenters. The van der Waals surface area contributed by atoms with Crippen molar-refractivity contribution >= 4 is 33.0 Å². The summed E-state index contributed by atoms with van der Waals surface area (Å²) in [5, 5.41) is 6.69. The SMILES string of the molecule is COc1cc(Cl)c(C)cc1NC(=O)Cn1nc(S(=O)(=O)c2cccc(C)c2)ccc1=O. The van der Waals surface area contributed by atoms with Gasteiger partial charge in [-0.1, -0.05) is 23.7 Å². The molecule has 2 aromatic carbocycles. The van der Waals surface area contributed by atoms with E-state index < -0.39 is 27.8 Å². The zero-order valence-electron chi connectivity index (χ0n) is 17.0. The molecule has 8 nitrogen and oxygen atoms in total. The van der Waals surface area contributed by atoms with E-state index in [1.807, 2.05) is 0 Å². The number of aromatic nitrogens is 2. The molecule has 0 radical (unpaired) electrons. The average molecular weight is 462 g/mol. The summed E-state index contributed by atoms with van der Waals surface area (Å²) < 4.78 is 31.8. The molecule has 3 rings (SSSR count). The Balaban J connectivity index is 1.89. The van der Waals surface area contributed by atoms with Crippen molar-refractivity contribution in [2.24, 2.45) is 0 Å². The van der Waals surface area contributed by atoms with Crippen molar-refractivity contribution in [3.8, 4) is 5.75 Å². The van der Waals surface area contributed by atoms with E-state index in [9.17, 15) is 18.0 Å². The van der Waals surface area contributed by atoms with Crippen LogP contribution in [0.5, 0.6) is 5.75 Å². The van der Waals surface area contributed by atoms with Crippen LogP contribution in [-0.4, -0.2) is 31.2 Å². The number of halogens is 1. The van der Waals surface area contributed by atoms with Gasteiger partial charge in [-0.05, 0) is 49.2 Å². The molecule has 0 saturated heterocycles. The highest BCUT2D eigenvalue weighted by Gasteiger charge is 2.21. The minimum atomic E-state index is -3.95. The number of nitrogens with one attached hydrogen (secondary N) is 1. The van der Waals surface area contributed by atoms with Crippen LogP contribution in [-0.2, 0) is 21.2 Å². The van der Waals surface area contributed by atoms with Crippen molar-refractivity contribution < 1.29 is 17.9 Å². The van der Waals surface area contributed by atoms with E-state index in [1.165, 1.54) is 19.2 Å². The summed E-state index contributed by atoms with van der Waals surface area (Å²) in [4.78, 5) is 24.8. The molecule has 3 aromatic rings. The number of hydrogen-bond acceptors (Lipinski definition) is 6. The topological polar surface area (TPSA) is 107 Å². The fourth-order valence-electron chi connectivity index (χ4n) is 2.85. The molecule has 1 amide bonds. The van der Waals surface area contributed by atoms with Crippen molar-refractivity contribution in [3.63, 3.8) is 0 Å². The van der Waals surface area contributed by atoms with Crippen molar-refractivity contribution in [1.29, 1.82) is 0 Å². The zero-order chi connectivity index (χ0) is 22.8. The van der Waals surface area contributed by atoms with Gasteiger partial charge >= 0.3 is 0 Å². The second-order valence-electron chi connectivity index (χ2n) is 6.84. The highest BCUT2D eigenvalue weighted by Crippen LogP contribution is 2.30. The van der Waals surface area contributed by atoms with Crippen molar-refractivity contribution in [2.45, 2.75) is 30.3 Å². The molecule has 1 aromatic heterocycles. The van der Waals surface area contributed by atoms with Gasteiger partial charge in [-0.15, -0.1) is 0 Å². The summed E-state index contributed by atoms with van der Waals surface area (Å²) in [5.74, 6) is -0.236. The van der Waals surface area contributed by atoms with Crippen molar-refractivity contribution in [3.05, 3.63) is 75.0 Å². The quantitative estimate of drug-likeness (QED) is 0.604. The standard InChI is InChI=1S/C21H20ClN3O5S/c1-13-5-4-6-15(9-13)31(28,29)20-7-8-21(27)25(24-20)12-19(26)23-17-10-14(2)16(22)11-18(17)30-3/h4-11H,12H2,1-3H3,(H,23,26). The van der Waals surface area contributed by atoms with Crippen molar-refractivity contribution in [1.82, 2.24) is 9.78 Å². The molecular weight excluding hydrogens is 442 g/mol. The minimum Gasteiger partial charge on any atom is -0.495 e. The van der Waals surface area contributed by atoms with Crippen LogP contribution in [0.25, 0.3) is 0 Å². The average Bonchev–Trinajstić information content (AvgIpc) is 2.72. The van der Waals surface area contributed by atoms with Gasteiger partial charge in [0.15, 0.2) is 5.03 Å². The summed E-state index contributed by atoms with van der Waals surface area (Å²) in [7, 11) is -2.52. The third-order valence-corrected chi connectivity index (χ3v) is 6.52. The monoisotopic (exact) mass is 461 g/mol. The molecule has 0 aliphatic rings. The first-order chi connectivity index (χ1) is 14.6. The lowest BCUT2D eigenvalue weighted by Gasteiger charge is -2.13. The number of ether oxygens (including phenoxy) is 1. The first-order valence-corrected chi connectivity index (χ1v) is 11.0. The number of amides is 1. The molecule has 0 bridgehead atoms. The largest absolute Gasteiger partial charge is 0.495 e. The van der Waals surface area contributed by atoms with Crippen LogP contribution in [0.15, 0.2) is 63.2 Å². The molecule has 0 aliphatic carbocycles. The molecule has 10 heteroatoms. The number of nitrogens with zero attached hydrogens (tertiary/aromatic N) is 2. The van der Waals surface area contributed by atoms with Crippen LogP contribution in [0.1, 0.15) is 11.1 Å². The predicted octanol–water partition coefficient (Wildman–Crippen LogP) is 2.99. The van der Waals surface area contributed by atoms with E-state index in [0.29, 0.717) is 16.5 Å². The molecule has 0 aliphatic heterocycles.